The molecule has 1 N–H and O–H groups in total. The molecule has 4 heteroatoms. The highest BCUT2D eigenvalue weighted by atomic mass is 19.1. The number of aryl methyl sites for hydroxylation is 1. The van der Waals surface area contributed by atoms with Crippen LogP contribution in [0.4, 0.5) is 4.39 Å². The highest BCUT2D eigenvalue weighted by Gasteiger charge is 2.09. The van der Waals surface area contributed by atoms with E-state index in [-0.39, 0.29) is 5.82 Å². The summed E-state index contributed by atoms with van der Waals surface area (Å²) in [7, 11) is 1.95. The van der Waals surface area contributed by atoms with E-state index in [1.165, 1.54) is 11.6 Å². The third-order valence-corrected chi connectivity index (χ3v) is 3.45. The van der Waals surface area contributed by atoms with Crippen molar-refractivity contribution in [1.82, 2.24) is 15.1 Å². The van der Waals surface area contributed by atoms with Gasteiger partial charge in [-0.3, -0.25) is 4.68 Å². The standard InChI is InChI=1S/C15H20FN3/c1-4-15(17-3)13-8-18-19(10-13)9-12-5-6-14(16)7-11(12)2/h5-8,10,15,17H,4,9H2,1-3H3. The zero-order chi connectivity index (χ0) is 13.8. The van der Waals surface area contributed by atoms with Crippen molar-refractivity contribution < 1.29 is 4.39 Å². The maximum absolute atomic E-state index is 13.1. The van der Waals surface area contributed by atoms with E-state index in [0.29, 0.717) is 12.6 Å². The van der Waals surface area contributed by atoms with Gasteiger partial charge < -0.3 is 5.32 Å². The molecular weight excluding hydrogens is 241 g/mol. The van der Waals surface area contributed by atoms with Crippen LogP contribution in [-0.2, 0) is 6.54 Å². The molecule has 0 aliphatic carbocycles. The van der Waals surface area contributed by atoms with Gasteiger partial charge in [0.15, 0.2) is 0 Å². The minimum absolute atomic E-state index is 0.191. The van der Waals surface area contributed by atoms with E-state index >= 15 is 0 Å². The smallest absolute Gasteiger partial charge is 0.123 e. The van der Waals surface area contributed by atoms with Gasteiger partial charge in [0.2, 0.25) is 0 Å². The topological polar surface area (TPSA) is 29.9 Å². The number of aromatic nitrogens is 2. The van der Waals surface area contributed by atoms with Gasteiger partial charge in [-0.25, -0.2) is 4.39 Å². The van der Waals surface area contributed by atoms with Crippen LogP contribution in [0.1, 0.15) is 36.1 Å². The second-order valence-electron chi connectivity index (χ2n) is 4.79. The van der Waals surface area contributed by atoms with E-state index in [0.717, 1.165) is 17.5 Å². The zero-order valence-corrected chi connectivity index (χ0v) is 11.7. The lowest BCUT2D eigenvalue weighted by atomic mass is 10.1. The average molecular weight is 261 g/mol. The van der Waals surface area contributed by atoms with E-state index in [9.17, 15) is 4.39 Å². The third kappa shape index (κ3) is 3.20. The van der Waals surface area contributed by atoms with Gasteiger partial charge in [-0.1, -0.05) is 13.0 Å². The quantitative estimate of drug-likeness (QED) is 0.896. The first-order valence-corrected chi connectivity index (χ1v) is 6.58. The molecule has 1 unspecified atom stereocenters. The molecule has 102 valence electrons. The van der Waals surface area contributed by atoms with Crippen molar-refractivity contribution in [2.75, 3.05) is 7.05 Å². The summed E-state index contributed by atoms with van der Waals surface area (Å²) in [6.45, 7) is 4.74. The van der Waals surface area contributed by atoms with Crippen LogP contribution in [0.5, 0.6) is 0 Å². The van der Waals surface area contributed by atoms with Crippen LogP contribution < -0.4 is 5.32 Å². The minimum Gasteiger partial charge on any atom is -0.313 e. The molecule has 1 aromatic heterocycles. The minimum atomic E-state index is -0.191. The van der Waals surface area contributed by atoms with Gasteiger partial charge in [-0.2, -0.15) is 5.10 Å². The van der Waals surface area contributed by atoms with Gasteiger partial charge in [-0.05, 0) is 43.7 Å². The largest absolute Gasteiger partial charge is 0.313 e. The molecule has 0 amide bonds. The van der Waals surface area contributed by atoms with Gasteiger partial charge >= 0.3 is 0 Å². The SMILES string of the molecule is CCC(NC)c1cnn(Cc2ccc(F)cc2C)c1. The average Bonchev–Trinajstić information content (AvgIpc) is 2.83. The number of nitrogens with one attached hydrogen (secondary N) is 1. The van der Waals surface area contributed by atoms with Crippen LogP contribution in [0, 0.1) is 12.7 Å². The fourth-order valence-corrected chi connectivity index (χ4v) is 2.26. The van der Waals surface area contributed by atoms with E-state index in [1.54, 1.807) is 6.07 Å². The molecule has 0 aliphatic rings. The predicted octanol–water partition coefficient (Wildman–Crippen LogP) is 3.05. The zero-order valence-electron chi connectivity index (χ0n) is 11.7. The molecular formula is C15H20FN3. The molecule has 2 aromatic rings. The second kappa shape index (κ2) is 5.97. The molecule has 1 atom stereocenters. The van der Waals surface area contributed by atoms with Crippen molar-refractivity contribution >= 4 is 0 Å². The maximum atomic E-state index is 13.1. The van der Waals surface area contributed by atoms with Crippen molar-refractivity contribution in [3.05, 3.63) is 53.1 Å². The third-order valence-electron chi connectivity index (χ3n) is 3.45. The van der Waals surface area contributed by atoms with E-state index in [2.05, 4.69) is 17.3 Å². The normalized spacial score (nSPS) is 12.6. The Morgan fingerprint density at radius 3 is 2.84 bits per heavy atom. The Morgan fingerprint density at radius 2 is 2.21 bits per heavy atom. The lowest BCUT2D eigenvalue weighted by Gasteiger charge is -2.10. The Kier molecular flexibility index (Phi) is 4.32. The van der Waals surface area contributed by atoms with E-state index < -0.39 is 0 Å². The number of halogens is 1. The number of rotatable bonds is 5. The van der Waals surface area contributed by atoms with Crippen LogP contribution >= 0.6 is 0 Å². The first-order valence-electron chi connectivity index (χ1n) is 6.58. The van der Waals surface area contributed by atoms with Crippen LogP contribution in [0.25, 0.3) is 0 Å². The van der Waals surface area contributed by atoms with Crippen molar-refractivity contribution in [3.8, 4) is 0 Å². The molecule has 1 heterocycles. The van der Waals surface area contributed by atoms with Crippen LogP contribution in [0.2, 0.25) is 0 Å². The monoisotopic (exact) mass is 261 g/mol. The molecule has 2 rings (SSSR count). The van der Waals surface area contributed by atoms with Gasteiger partial charge in [0.05, 0.1) is 12.7 Å². The highest BCUT2D eigenvalue weighted by molar-refractivity contribution is 5.27. The maximum Gasteiger partial charge on any atom is 0.123 e. The van der Waals surface area contributed by atoms with E-state index in [1.807, 2.05) is 37.1 Å². The summed E-state index contributed by atoms with van der Waals surface area (Å²) in [4.78, 5) is 0. The molecule has 0 aliphatic heterocycles. The fraction of sp³-hybridized carbons (Fsp3) is 0.400. The van der Waals surface area contributed by atoms with Crippen molar-refractivity contribution in [2.24, 2.45) is 0 Å². The molecule has 0 spiro atoms. The van der Waals surface area contributed by atoms with Crippen LogP contribution in [-0.4, -0.2) is 16.8 Å². The summed E-state index contributed by atoms with van der Waals surface area (Å²) < 4.78 is 15.0. The Bertz CT molecular complexity index is 544. The van der Waals surface area contributed by atoms with E-state index in [4.69, 9.17) is 0 Å². The Morgan fingerprint density at radius 1 is 1.42 bits per heavy atom. The first-order chi connectivity index (χ1) is 9.13. The molecule has 3 nitrogen and oxygen atoms in total. The summed E-state index contributed by atoms with van der Waals surface area (Å²) in [5.41, 5.74) is 3.23. The Labute approximate surface area is 113 Å². The fourth-order valence-electron chi connectivity index (χ4n) is 2.26. The molecule has 19 heavy (non-hydrogen) atoms. The molecule has 0 bridgehead atoms. The molecule has 0 radical (unpaired) electrons. The number of benzene rings is 1. The van der Waals surface area contributed by atoms with Gasteiger partial charge in [-0.15, -0.1) is 0 Å². The summed E-state index contributed by atoms with van der Waals surface area (Å²) >= 11 is 0. The van der Waals surface area contributed by atoms with Gasteiger partial charge in [0.1, 0.15) is 5.82 Å². The summed E-state index contributed by atoms with van der Waals surface area (Å²) in [5.74, 6) is -0.191. The molecule has 0 saturated heterocycles. The lowest BCUT2D eigenvalue weighted by molar-refractivity contribution is 0.575. The van der Waals surface area contributed by atoms with Crippen LogP contribution in [0.15, 0.2) is 30.6 Å². The Hall–Kier alpha value is -1.68. The summed E-state index contributed by atoms with van der Waals surface area (Å²) in [6, 6.07) is 5.21. The van der Waals surface area contributed by atoms with Crippen LogP contribution in [0.3, 0.4) is 0 Å². The van der Waals surface area contributed by atoms with Crippen molar-refractivity contribution in [3.63, 3.8) is 0 Å². The molecule has 1 aromatic carbocycles. The van der Waals surface area contributed by atoms with Gasteiger partial charge in [0.25, 0.3) is 0 Å². The highest BCUT2D eigenvalue weighted by Crippen LogP contribution is 2.16. The number of nitrogens with zero attached hydrogens (tertiary/aromatic N) is 2. The van der Waals surface area contributed by atoms with Gasteiger partial charge in [0, 0.05) is 17.8 Å². The first kappa shape index (κ1) is 13.7. The lowest BCUT2D eigenvalue weighted by Crippen LogP contribution is -2.14. The summed E-state index contributed by atoms with van der Waals surface area (Å²) in [6.07, 6.45) is 4.97. The summed E-state index contributed by atoms with van der Waals surface area (Å²) in [5, 5.41) is 7.64. The molecule has 0 fully saturated rings. The Balaban J connectivity index is 2.15. The second-order valence-corrected chi connectivity index (χ2v) is 4.79. The molecule has 0 saturated carbocycles. The number of hydrogen-bond acceptors (Lipinski definition) is 2. The predicted molar refractivity (Wildman–Crippen MR) is 74.6 cm³/mol. The van der Waals surface area contributed by atoms with Crippen molar-refractivity contribution in [1.29, 1.82) is 0 Å². The number of hydrogen-bond donors (Lipinski definition) is 1. The van der Waals surface area contributed by atoms with Crippen molar-refractivity contribution in [2.45, 2.75) is 32.9 Å².